The van der Waals surface area contributed by atoms with E-state index < -0.39 is 0 Å². The van der Waals surface area contributed by atoms with Crippen LogP contribution in [0.2, 0.25) is 0 Å². The van der Waals surface area contributed by atoms with E-state index in [1.807, 2.05) is 37.3 Å². The van der Waals surface area contributed by atoms with Gasteiger partial charge in [-0.05, 0) is 24.8 Å². The van der Waals surface area contributed by atoms with Crippen molar-refractivity contribution in [3.8, 4) is 0 Å². The van der Waals surface area contributed by atoms with Gasteiger partial charge in [-0.3, -0.25) is 4.79 Å². The lowest BCUT2D eigenvalue weighted by Gasteiger charge is -2.31. The van der Waals surface area contributed by atoms with Crippen molar-refractivity contribution in [1.82, 2.24) is 14.5 Å². The lowest BCUT2D eigenvalue weighted by atomic mass is 9.85. The van der Waals surface area contributed by atoms with Gasteiger partial charge >= 0.3 is 0 Å². The third-order valence-electron chi connectivity index (χ3n) is 4.90. The van der Waals surface area contributed by atoms with Crippen LogP contribution in [0.4, 0.5) is 0 Å². The molecule has 0 radical (unpaired) electrons. The molecular weight excluding hydrogens is 322 g/mol. The molecule has 2 heterocycles. The quantitative estimate of drug-likeness (QED) is 0.784. The van der Waals surface area contributed by atoms with Crippen LogP contribution in [0.1, 0.15) is 64.6 Å². The number of carbonyl (C=O) groups is 1. The largest absolute Gasteiger partial charge is 0.343 e. The highest BCUT2D eigenvalue weighted by Crippen LogP contribution is 2.28. The number of imidazole rings is 1. The number of hydrogen-bond acceptors (Lipinski definition) is 2. The molecule has 1 aromatic carbocycles. The van der Waals surface area contributed by atoms with Crippen molar-refractivity contribution in [2.75, 3.05) is 13.1 Å². The third-order valence-corrected chi connectivity index (χ3v) is 4.90. The molecule has 0 spiro atoms. The maximum absolute atomic E-state index is 12.7. The molecule has 3 rings (SSSR count). The molecule has 0 aliphatic carbocycles. The van der Waals surface area contributed by atoms with E-state index in [2.05, 4.69) is 47.7 Å². The molecule has 1 aliphatic rings. The van der Waals surface area contributed by atoms with Crippen molar-refractivity contribution in [1.29, 1.82) is 0 Å². The second kappa shape index (κ2) is 9.56. The Kier molecular flexibility index (Phi) is 7.43. The first kappa shape index (κ1) is 20.2. The maximum atomic E-state index is 12.7. The van der Waals surface area contributed by atoms with Gasteiger partial charge in [0.2, 0.25) is 5.91 Å². The van der Waals surface area contributed by atoms with Gasteiger partial charge in [0.15, 0.2) is 0 Å². The van der Waals surface area contributed by atoms with Gasteiger partial charge in [-0.25, -0.2) is 4.98 Å². The number of amides is 1. The van der Waals surface area contributed by atoms with Crippen LogP contribution in [-0.4, -0.2) is 33.4 Å². The Balaban J connectivity index is 0.00000117. The smallest absolute Gasteiger partial charge is 0.223 e. The maximum Gasteiger partial charge on any atom is 0.223 e. The first-order chi connectivity index (χ1) is 12.6. The average Bonchev–Trinajstić information content (AvgIpc) is 3.14. The van der Waals surface area contributed by atoms with Crippen molar-refractivity contribution >= 4 is 5.91 Å². The molecular formula is C22H33N3O. The molecule has 4 heteroatoms. The summed E-state index contributed by atoms with van der Waals surface area (Å²) in [6.45, 7) is 10.9. The molecule has 1 aromatic heterocycles. The summed E-state index contributed by atoms with van der Waals surface area (Å²) in [6, 6.07) is 10.4. The summed E-state index contributed by atoms with van der Waals surface area (Å²) in [6.07, 6.45) is 7.84. The van der Waals surface area contributed by atoms with Gasteiger partial charge in [0, 0.05) is 43.4 Å². The first-order valence-electron chi connectivity index (χ1n) is 9.88. The number of carbonyl (C=O) groups excluding carboxylic acids is 1. The molecule has 0 atom stereocenters. The highest BCUT2D eigenvalue weighted by molar-refractivity contribution is 5.77. The molecule has 1 aliphatic heterocycles. The molecule has 0 N–H and O–H groups in total. The standard InChI is InChI=1S/C20H27N3O.C2H6/c1-20(2,13-19(24)22-11-7-4-8-12-22)18-14-21-16-23(18)15-17-9-5-3-6-10-17;1-2/h3,5-6,9-10,14,16H,4,7-8,11-13,15H2,1-2H3;1-2H3. The van der Waals surface area contributed by atoms with Crippen LogP contribution >= 0.6 is 0 Å². The first-order valence-corrected chi connectivity index (χ1v) is 9.88. The molecule has 0 saturated carbocycles. The molecule has 0 unspecified atom stereocenters. The van der Waals surface area contributed by atoms with Gasteiger partial charge < -0.3 is 9.47 Å². The van der Waals surface area contributed by atoms with Gasteiger partial charge in [0.05, 0.1) is 6.33 Å². The number of likely N-dealkylation sites (tertiary alicyclic amines) is 1. The lowest BCUT2D eigenvalue weighted by Crippen LogP contribution is -2.39. The van der Waals surface area contributed by atoms with E-state index in [0.29, 0.717) is 6.42 Å². The molecule has 26 heavy (non-hydrogen) atoms. The topological polar surface area (TPSA) is 38.1 Å². The van der Waals surface area contributed by atoms with E-state index in [9.17, 15) is 4.79 Å². The van der Waals surface area contributed by atoms with Crippen LogP contribution in [0.3, 0.4) is 0 Å². The van der Waals surface area contributed by atoms with Crippen LogP contribution in [0.15, 0.2) is 42.9 Å². The summed E-state index contributed by atoms with van der Waals surface area (Å²) >= 11 is 0. The van der Waals surface area contributed by atoms with Crippen molar-refractivity contribution < 1.29 is 4.79 Å². The van der Waals surface area contributed by atoms with E-state index in [4.69, 9.17) is 0 Å². The Morgan fingerprint density at radius 2 is 1.73 bits per heavy atom. The minimum Gasteiger partial charge on any atom is -0.343 e. The lowest BCUT2D eigenvalue weighted by molar-refractivity contribution is -0.133. The fraction of sp³-hybridized carbons (Fsp3) is 0.545. The highest BCUT2D eigenvalue weighted by atomic mass is 16.2. The van der Waals surface area contributed by atoms with E-state index in [1.54, 1.807) is 0 Å². The van der Waals surface area contributed by atoms with Gasteiger partial charge in [0.1, 0.15) is 0 Å². The second-order valence-electron chi connectivity index (χ2n) is 7.39. The van der Waals surface area contributed by atoms with Gasteiger partial charge in [-0.2, -0.15) is 0 Å². The van der Waals surface area contributed by atoms with Gasteiger partial charge in [0.25, 0.3) is 0 Å². The van der Waals surface area contributed by atoms with Crippen molar-refractivity contribution in [3.63, 3.8) is 0 Å². The van der Waals surface area contributed by atoms with E-state index >= 15 is 0 Å². The number of hydrogen-bond donors (Lipinski definition) is 0. The summed E-state index contributed by atoms with van der Waals surface area (Å²) in [4.78, 5) is 19.0. The minimum atomic E-state index is -0.222. The highest BCUT2D eigenvalue weighted by Gasteiger charge is 2.30. The molecule has 2 aromatic rings. The SMILES string of the molecule is CC.CC(C)(CC(=O)N1CCCCC1)c1cncn1Cc1ccccc1. The van der Waals surface area contributed by atoms with Crippen LogP contribution in [0.5, 0.6) is 0 Å². The van der Waals surface area contributed by atoms with E-state index in [-0.39, 0.29) is 11.3 Å². The normalized spacial score (nSPS) is 14.5. The van der Waals surface area contributed by atoms with Gasteiger partial charge in [-0.15, -0.1) is 0 Å². The number of piperidine rings is 1. The number of rotatable bonds is 5. The molecule has 1 fully saturated rings. The predicted octanol–water partition coefficient (Wildman–Crippen LogP) is 4.64. The third kappa shape index (κ3) is 5.20. The average molecular weight is 356 g/mol. The van der Waals surface area contributed by atoms with Crippen molar-refractivity contribution in [2.45, 2.75) is 65.3 Å². The predicted molar refractivity (Wildman–Crippen MR) is 107 cm³/mol. The minimum absolute atomic E-state index is 0.222. The zero-order valence-electron chi connectivity index (χ0n) is 16.7. The summed E-state index contributed by atoms with van der Waals surface area (Å²) < 4.78 is 2.17. The Morgan fingerprint density at radius 1 is 1.08 bits per heavy atom. The number of aromatic nitrogens is 2. The Morgan fingerprint density at radius 3 is 2.38 bits per heavy atom. The Bertz CT molecular complexity index is 670. The number of nitrogens with zero attached hydrogens (tertiary/aromatic N) is 3. The van der Waals surface area contributed by atoms with Crippen LogP contribution in [0.25, 0.3) is 0 Å². The van der Waals surface area contributed by atoms with Gasteiger partial charge in [-0.1, -0.05) is 58.0 Å². The molecule has 142 valence electrons. The Hall–Kier alpha value is -2.10. The molecule has 1 amide bonds. The fourth-order valence-electron chi connectivity index (χ4n) is 3.51. The van der Waals surface area contributed by atoms with Crippen molar-refractivity contribution in [2.24, 2.45) is 0 Å². The molecule has 4 nitrogen and oxygen atoms in total. The zero-order valence-corrected chi connectivity index (χ0v) is 16.7. The summed E-state index contributed by atoms with van der Waals surface area (Å²) in [5.74, 6) is 0.271. The van der Waals surface area contributed by atoms with E-state index in [1.165, 1.54) is 12.0 Å². The van der Waals surface area contributed by atoms with Crippen molar-refractivity contribution in [3.05, 3.63) is 54.1 Å². The number of benzene rings is 1. The summed E-state index contributed by atoms with van der Waals surface area (Å²) in [5, 5.41) is 0. The van der Waals surface area contributed by atoms with Crippen LogP contribution in [0, 0.1) is 0 Å². The summed E-state index contributed by atoms with van der Waals surface area (Å²) in [5.41, 5.74) is 2.14. The monoisotopic (exact) mass is 355 g/mol. The van der Waals surface area contributed by atoms with Crippen LogP contribution in [-0.2, 0) is 16.8 Å². The molecule has 0 bridgehead atoms. The van der Waals surface area contributed by atoms with E-state index in [0.717, 1.165) is 38.2 Å². The Labute approximate surface area is 158 Å². The fourth-order valence-corrected chi connectivity index (χ4v) is 3.51. The molecule has 1 saturated heterocycles. The zero-order chi connectivity index (χ0) is 19.0. The second-order valence-corrected chi connectivity index (χ2v) is 7.39. The summed E-state index contributed by atoms with van der Waals surface area (Å²) in [7, 11) is 0. The van der Waals surface area contributed by atoms with Crippen LogP contribution < -0.4 is 0 Å².